The minimum Gasteiger partial charge on any atom is -0.320 e. The van der Waals surface area contributed by atoms with Crippen molar-refractivity contribution >= 4 is 34.8 Å². The number of hydrogen-bond acceptors (Lipinski definition) is 3. The van der Waals surface area contributed by atoms with Gasteiger partial charge in [0.25, 0.3) is 0 Å². The lowest BCUT2D eigenvalue weighted by molar-refractivity contribution is 0.0792. The van der Waals surface area contributed by atoms with Gasteiger partial charge < -0.3 is 14.7 Å². The van der Waals surface area contributed by atoms with E-state index in [2.05, 4.69) is 28.9 Å². The summed E-state index contributed by atoms with van der Waals surface area (Å²) in [7, 11) is 0. The summed E-state index contributed by atoms with van der Waals surface area (Å²) in [6.45, 7) is 3.96. The molecule has 0 radical (unpaired) electrons. The maximum absolute atomic E-state index is 13.9. The summed E-state index contributed by atoms with van der Waals surface area (Å²) in [6, 6.07) is 24.6. The van der Waals surface area contributed by atoms with Crippen LogP contribution in [0.4, 0.5) is 21.0 Å². The number of carbonyl (C=O) groups is 2. The van der Waals surface area contributed by atoms with Crippen LogP contribution in [-0.2, 0) is 6.54 Å². The number of hydrogen-bond donors (Lipinski definition) is 0. The molecule has 3 aliphatic rings. The first-order valence-electron chi connectivity index (χ1n) is 12.9. The number of fused-ring (bicyclic) bond motifs is 2. The Bertz CT molecular complexity index is 1170. The molecule has 1 saturated carbocycles. The molecule has 36 heavy (non-hydrogen) atoms. The van der Waals surface area contributed by atoms with Gasteiger partial charge in [0.05, 0.1) is 30.0 Å². The van der Waals surface area contributed by atoms with Crippen LogP contribution < -0.4 is 4.90 Å². The number of piperazine rings is 1. The number of rotatable bonds is 5. The predicted octanol–water partition coefficient (Wildman–Crippen LogP) is 6.25. The SMILES string of the molecule is Cc1ccc(CN(C(=O)N2C3CC[C@@H]2CN(C(=O)N(c2ccccc2)c2ccccc2)C3)C2CC2)s1. The lowest BCUT2D eigenvalue weighted by atomic mass is 10.2. The number of para-hydroxylation sites is 2. The summed E-state index contributed by atoms with van der Waals surface area (Å²) in [5, 5.41) is 0. The molecule has 186 valence electrons. The highest BCUT2D eigenvalue weighted by molar-refractivity contribution is 7.11. The van der Waals surface area contributed by atoms with E-state index in [0.29, 0.717) is 25.7 Å². The second kappa shape index (κ2) is 9.62. The zero-order valence-electron chi connectivity index (χ0n) is 20.6. The fraction of sp³-hybridized carbons (Fsp3) is 0.379. The van der Waals surface area contributed by atoms with E-state index < -0.39 is 0 Å². The van der Waals surface area contributed by atoms with Gasteiger partial charge in [0, 0.05) is 28.9 Å². The minimum atomic E-state index is -0.0236. The number of anilines is 2. The first-order valence-corrected chi connectivity index (χ1v) is 13.7. The lowest BCUT2D eigenvalue weighted by Crippen LogP contribution is -2.61. The number of urea groups is 2. The van der Waals surface area contributed by atoms with Crippen molar-refractivity contribution in [1.29, 1.82) is 0 Å². The van der Waals surface area contributed by atoms with Crippen LogP contribution in [0.5, 0.6) is 0 Å². The van der Waals surface area contributed by atoms with Gasteiger partial charge in [-0.05, 0) is 69.0 Å². The summed E-state index contributed by atoms with van der Waals surface area (Å²) in [6.07, 6.45) is 4.08. The first-order chi connectivity index (χ1) is 17.6. The Morgan fingerprint density at radius 1 is 0.806 bits per heavy atom. The number of benzene rings is 2. The fourth-order valence-corrected chi connectivity index (χ4v) is 6.55. The number of likely N-dealkylation sites (tertiary alicyclic amines) is 1. The highest BCUT2D eigenvalue weighted by Crippen LogP contribution is 2.37. The number of carbonyl (C=O) groups excluding carboxylic acids is 2. The Hall–Kier alpha value is -3.32. The van der Waals surface area contributed by atoms with Crippen LogP contribution in [0.25, 0.3) is 0 Å². The smallest absolute Gasteiger partial charge is 0.320 e. The van der Waals surface area contributed by atoms with Gasteiger partial charge in [-0.15, -0.1) is 11.3 Å². The zero-order chi connectivity index (χ0) is 24.6. The highest BCUT2D eigenvalue weighted by atomic mass is 32.1. The molecule has 3 heterocycles. The second-order valence-electron chi connectivity index (χ2n) is 10.1. The van der Waals surface area contributed by atoms with Gasteiger partial charge in [0.2, 0.25) is 0 Å². The van der Waals surface area contributed by atoms with Gasteiger partial charge in [-0.25, -0.2) is 9.59 Å². The summed E-state index contributed by atoms with van der Waals surface area (Å²) >= 11 is 1.78. The molecule has 0 N–H and O–H groups in total. The van der Waals surface area contributed by atoms with E-state index in [1.807, 2.05) is 65.6 Å². The molecule has 4 amide bonds. The Morgan fingerprint density at radius 2 is 1.39 bits per heavy atom. The van der Waals surface area contributed by atoms with Gasteiger partial charge >= 0.3 is 12.1 Å². The molecule has 3 fully saturated rings. The summed E-state index contributed by atoms with van der Waals surface area (Å²) in [5.41, 5.74) is 1.71. The monoisotopic (exact) mass is 500 g/mol. The summed E-state index contributed by atoms with van der Waals surface area (Å²) in [4.78, 5) is 38.3. The number of aryl methyl sites for hydroxylation is 1. The van der Waals surface area contributed by atoms with E-state index in [-0.39, 0.29) is 24.1 Å². The van der Waals surface area contributed by atoms with Crippen LogP contribution in [0.2, 0.25) is 0 Å². The van der Waals surface area contributed by atoms with Crippen LogP contribution in [0.1, 0.15) is 35.4 Å². The van der Waals surface area contributed by atoms with Crippen molar-refractivity contribution in [2.45, 2.75) is 57.3 Å². The lowest BCUT2D eigenvalue weighted by Gasteiger charge is -2.44. The average molecular weight is 501 g/mol. The Labute approximate surface area is 216 Å². The Kier molecular flexibility index (Phi) is 6.17. The third-order valence-electron chi connectivity index (χ3n) is 7.55. The maximum atomic E-state index is 13.9. The standard InChI is InChI=1S/C29H32N4O2S/c1-21-12-17-27(36-21)20-31(22-13-14-22)29(35)33-25-15-16-26(33)19-30(18-25)28(34)32(23-8-4-2-5-9-23)24-10-6-3-7-11-24/h2-12,17,22,25-26H,13-16,18-20H2,1H3/t25-,26?/m1/s1. The predicted molar refractivity (Wildman–Crippen MR) is 144 cm³/mol. The van der Waals surface area contributed by atoms with Crippen LogP contribution in [0.3, 0.4) is 0 Å². The van der Waals surface area contributed by atoms with Crippen LogP contribution in [-0.4, -0.2) is 58.0 Å². The Balaban J connectivity index is 1.21. The number of thiophene rings is 1. The van der Waals surface area contributed by atoms with Crippen molar-refractivity contribution < 1.29 is 9.59 Å². The molecule has 2 aliphatic heterocycles. The average Bonchev–Trinajstić information content (AvgIpc) is 3.61. The minimum absolute atomic E-state index is 0.0236. The van der Waals surface area contributed by atoms with Gasteiger partial charge in [-0.3, -0.25) is 4.90 Å². The highest BCUT2D eigenvalue weighted by Gasteiger charge is 2.47. The summed E-state index contributed by atoms with van der Waals surface area (Å²) in [5.74, 6) is 0. The van der Waals surface area contributed by atoms with Gasteiger partial charge in [-0.1, -0.05) is 36.4 Å². The van der Waals surface area contributed by atoms with E-state index in [0.717, 1.165) is 37.1 Å². The van der Waals surface area contributed by atoms with Gasteiger partial charge in [0.1, 0.15) is 0 Å². The maximum Gasteiger partial charge on any atom is 0.329 e. The molecule has 1 aromatic heterocycles. The van der Waals surface area contributed by atoms with E-state index in [9.17, 15) is 9.59 Å². The van der Waals surface area contributed by atoms with E-state index in [4.69, 9.17) is 0 Å². The molecular formula is C29H32N4O2S. The molecule has 6 nitrogen and oxygen atoms in total. The molecule has 3 aromatic rings. The molecule has 7 heteroatoms. The molecule has 1 unspecified atom stereocenters. The van der Waals surface area contributed by atoms with Crippen molar-refractivity contribution in [3.8, 4) is 0 Å². The molecule has 1 aliphatic carbocycles. The van der Waals surface area contributed by atoms with E-state index in [1.165, 1.54) is 9.75 Å². The Morgan fingerprint density at radius 3 is 1.89 bits per heavy atom. The molecular weight excluding hydrogens is 468 g/mol. The number of nitrogens with zero attached hydrogens (tertiary/aromatic N) is 4. The first kappa shape index (κ1) is 23.1. The molecule has 2 aromatic carbocycles. The number of amides is 4. The quantitative estimate of drug-likeness (QED) is 0.416. The van der Waals surface area contributed by atoms with Crippen molar-refractivity contribution in [3.05, 3.63) is 82.6 Å². The van der Waals surface area contributed by atoms with Crippen molar-refractivity contribution in [2.75, 3.05) is 18.0 Å². The third-order valence-corrected chi connectivity index (χ3v) is 8.53. The molecule has 6 rings (SSSR count). The topological polar surface area (TPSA) is 47.1 Å². The van der Waals surface area contributed by atoms with Crippen molar-refractivity contribution in [3.63, 3.8) is 0 Å². The van der Waals surface area contributed by atoms with Crippen LogP contribution >= 0.6 is 11.3 Å². The molecule has 2 saturated heterocycles. The van der Waals surface area contributed by atoms with Gasteiger partial charge in [0.15, 0.2) is 0 Å². The third kappa shape index (κ3) is 4.48. The van der Waals surface area contributed by atoms with Crippen LogP contribution in [0.15, 0.2) is 72.8 Å². The fourth-order valence-electron chi connectivity index (χ4n) is 5.66. The van der Waals surface area contributed by atoms with E-state index >= 15 is 0 Å². The largest absolute Gasteiger partial charge is 0.329 e. The molecule has 0 spiro atoms. The zero-order valence-corrected chi connectivity index (χ0v) is 21.4. The normalized spacial score (nSPS) is 20.9. The van der Waals surface area contributed by atoms with Crippen molar-refractivity contribution in [2.24, 2.45) is 0 Å². The summed E-state index contributed by atoms with van der Waals surface area (Å²) < 4.78 is 0. The van der Waals surface area contributed by atoms with Crippen molar-refractivity contribution in [1.82, 2.24) is 14.7 Å². The van der Waals surface area contributed by atoms with E-state index in [1.54, 1.807) is 16.2 Å². The van der Waals surface area contributed by atoms with Crippen LogP contribution in [0, 0.1) is 6.92 Å². The molecule has 2 atom stereocenters. The second-order valence-corrected chi connectivity index (χ2v) is 11.5. The van der Waals surface area contributed by atoms with Gasteiger partial charge in [-0.2, -0.15) is 0 Å². The molecule has 2 bridgehead atoms.